The summed E-state index contributed by atoms with van der Waals surface area (Å²) in [5.74, 6) is 0.212. The molecule has 0 aromatic heterocycles. The van der Waals surface area contributed by atoms with E-state index < -0.39 is 6.09 Å². The van der Waals surface area contributed by atoms with Crippen molar-refractivity contribution in [2.45, 2.75) is 4.90 Å². The number of benzene rings is 1. The van der Waals surface area contributed by atoms with Crippen LogP contribution >= 0.6 is 11.9 Å². The zero-order valence-electron chi connectivity index (χ0n) is 7.71. The van der Waals surface area contributed by atoms with Gasteiger partial charge >= 0.3 is 6.09 Å². The van der Waals surface area contributed by atoms with E-state index in [1.807, 2.05) is 30.3 Å². The second-order valence-electron chi connectivity index (χ2n) is 2.81. The number of carbonyl (C=O) groups is 1. The van der Waals surface area contributed by atoms with Crippen LogP contribution in [0.4, 0.5) is 4.79 Å². The van der Waals surface area contributed by atoms with Gasteiger partial charge in [-0.2, -0.15) is 4.40 Å². The Morgan fingerprint density at radius 1 is 1.33 bits per heavy atom. The molecular formula is C10H8N2O2S. The van der Waals surface area contributed by atoms with Crippen LogP contribution in [0.5, 0.6) is 0 Å². The molecule has 0 spiro atoms. The Hall–Kier alpha value is -1.75. The molecule has 76 valence electrons. The average molecular weight is 220 g/mol. The van der Waals surface area contributed by atoms with Gasteiger partial charge in [0.05, 0.1) is 0 Å². The van der Waals surface area contributed by atoms with Gasteiger partial charge in [0.2, 0.25) is 5.90 Å². The molecule has 1 heterocycles. The van der Waals surface area contributed by atoms with Gasteiger partial charge in [-0.15, -0.1) is 0 Å². The molecule has 1 aromatic rings. The van der Waals surface area contributed by atoms with E-state index >= 15 is 0 Å². The van der Waals surface area contributed by atoms with Gasteiger partial charge in [-0.25, -0.2) is 4.79 Å². The van der Waals surface area contributed by atoms with Gasteiger partial charge in [0.1, 0.15) is 0 Å². The second kappa shape index (κ2) is 4.18. The van der Waals surface area contributed by atoms with Gasteiger partial charge < -0.3 is 10.5 Å². The summed E-state index contributed by atoms with van der Waals surface area (Å²) >= 11 is 1.25. The molecule has 0 aliphatic carbocycles. The molecule has 15 heavy (non-hydrogen) atoms. The van der Waals surface area contributed by atoms with E-state index in [1.54, 1.807) is 6.08 Å². The summed E-state index contributed by atoms with van der Waals surface area (Å²) in [5.41, 5.74) is 5.93. The lowest BCUT2D eigenvalue weighted by molar-refractivity contribution is 0.208. The Balaban J connectivity index is 2.25. The fraction of sp³-hybridized carbons (Fsp3) is 0. The van der Waals surface area contributed by atoms with Crippen LogP contribution in [-0.4, -0.2) is 12.0 Å². The fourth-order valence-electron chi connectivity index (χ4n) is 1.14. The maximum absolute atomic E-state index is 10.5. The van der Waals surface area contributed by atoms with Crippen molar-refractivity contribution in [1.29, 1.82) is 0 Å². The van der Waals surface area contributed by atoms with E-state index in [9.17, 15) is 4.79 Å². The smallest absolute Gasteiger partial charge is 0.391 e. The third kappa shape index (κ3) is 2.38. The van der Waals surface area contributed by atoms with Crippen molar-refractivity contribution in [3.63, 3.8) is 0 Å². The Bertz CT molecular complexity index is 454. The van der Waals surface area contributed by atoms with Gasteiger partial charge in [0.15, 0.2) is 0 Å². The molecule has 0 radical (unpaired) electrons. The molecule has 2 N–H and O–H groups in total. The third-order valence-electron chi connectivity index (χ3n) is 1.76. The first-order valence-corrected chi connectivity index (χ1v) is 5.02. The molecule has 0 saturated heterocycles. The molecule has 4 nitrogen and oxygen atoms in total. The van der Waals surface area contributed by atoms with E-state index in [-0.39, 0.29) is 5.90 Å². The molecule has 0 unspecified atom stereocenters. The molecule has 0 atom stereocenters. The fourth-order valence-corrected chi connectivity index (χ4v) is 1.81. The number of hydrogen-bond donors (Lipinski definition) is 1. The highest BCUT2D eigenvalue weighted by atomic mass is 32.2. The van der Waals surface area contributed by atoms with Gasteiger partial charge in [0.25, 0.3) is 0 Å². The highest BCUT2D eigenvalue weighted by Crippen LogP contribution is 2.27. The lowest BCUT2D eigenvalue weighted by Gasteiger charge is -1.98. The standard InChI is InChI=1S/C10H8N2O2S/c11-10(13)14-9-6-5-7-3-1-2-4-8(7)15-12-9/h1-6H,(H2,11,13). The molecule has 5 heteroatoms. The van der Waals surface area contributed by atoms with Crippen molar-refractivity contribution in [2.24, 2.45) is 10.1 Å². The lowest BCUT2D eigenvalue weighted by Crippen LogP contribution is -2.16. The van der Waals surface area contributed by atoms with E-state index in [1.165, 1.54) is 11.9 Å². The monoisotopic (exact) mass is 220 g/mol. The highest BCUT2D eigenvalue weighted by Gasteiger charge is 2.07. The largest absolute Gasteiger partial charge is 0.411 e. The van der Waals surface area contributed by atoms with Gasteiger partial charge in [0, 0.05) is 22.9 Å². The SMILES string of the molecule is NC(=O)OC1=NSc2ccccc2C=C1. The zero-order valence-corrected chi connectivity index (χ0v) is 8.53. The van der Waals surface area contributed by atoms with Crippen molar-refractivity contribution in [2.75, 3.05) is 0 Å². The second-order valence-corrected chi connectivity index (χ2v) is 3.62. The molecule has 1 aromatic carbocycles. The summed E-state index contributed by atoms with van der Waals surface area (Å²) in [5, 5.41) is 0. The first-order chi connectivity index (χ1) is 7.25. The van der Waals surface area contributed by atoms with E-state index in [2.05, 4.69) is 9.13 Å². The Morgan fingerprint density at radius 3 is 2.93 bits per heavy atom. The molecule has 1 aliphatic rings. The summed E-state index contributed by atoms with van der Waals surface area (Å²) < 4.78 is 8.71. The number of nitrogens with zero attached hydrogens (tertiary/aromatic N) is 1. The zero-order chi connectivity index (χ0) is 10.7. The lowest BCUT2D eigenvalue weighted by atomic mass is 10.2. The topological polar surface area (TPSA) is 64.7 Å². The number of amides is 1. The average Bonchev–Trinajstić information content (AvgIpc) is 2.41. The van der Waals surface area contributed by atoms with E-state index in [0.717, 1.165) is 10.5 Å². The van der Waals surface area contributed by atoms with Gasteiger partial charge in [-0.1, -0.05) is 18.2 Å². The normalized spacial score (nSPS) is 13.7. The summed E-state index contributed by atoms with van der Waals surface area (Å²) in [7, 11) is 0. The first kappa shape index (κ1) is 9.79. The minimum absolute atomic E-state index is 0.212. The summed E-state index contributed by atoms with van der Waals surface area (Å²) in [6.45, 7) is 0. The van der Waals surface area contributed by atoms with Crippen LogP contribution in [-0.2, 0) is 4.74 Å². The predicted molar refractivity (Wildman–Crippen MR) is 59.4 cm³/mol. The molecule has 0 bridgehead atoms. The number of rotatable bonds is 0. The first-order valence-electron chi connectivity index (χ1n) is 4.25. The maximum atomic E-state index is 10.5. The highest BCUT2D eigenvalue weighted by molar-refractivity contribution is 7.98. The van der Waals surface area contributed by atoms with Crippen LogP contribution in [0.2, 0.25) is 0 Å². The van der Waals surface area contributed by atoms with E-state index in [4.69, 9.17) is 5.73 Å². The van der Waals surface area contributed by atoms with Crippen LogP contribution < -0.4 is 5.73 Å². The Kier molecular flexibility index (Phi) is 2.73. The third-order valence-corrected chi connectivity index (χ3v) is 2.60. The number of primary amides is 1. The van der Waals surface area contributed by atoms with Crippen LogP contribution in [0.1, 0.15) is 5.56 Å². The molecule has 0 saturated carbocycles. The number of carbonyl (C=O) groups excluding carboxylic acids is 1. The minimum atomic E-state index is -0.857. The molecule has 1 amide bonds. The van der Waals surface area contributed by atoms with Crippen LogP contribution in [0.3, 0.4) is 0 Å². The van der Waals surface area contributed by atoms with Crippen LogP contribution in [0, 0.1) is 0 Å². The number of nitrogens with two attached hydrogens (primary N) is 1. The summed E-state index contributed by atoms with van der Waals surface area (Å²) in [4.78, 5) is 11.5. The van der Waals surface area contributed by atoms with Gasteiger partial charge in [-0.05, 0) is 17.7 Å². The number of ether oxygens (including phenoxy) is 1. The minimum Gasteiger partial charge on any atom is -0.391 e. The number of hydrogen-bond acceptors (Lipinski definition) is 4. The van der Waals surface area contributed by atoms with Crippen molar-refractivity contribution < 1.29 is 9.53 Å². The van der Waals surface area contributed by atoms with Crippen molar-refractivity contribution >= 4 is 30.0 Å². The predicted octanol–water partition coefficient (Wildman–Crippen LogP) is 2.21. The molecular weight excluding hydrogens is 212 g/mol. The molecule has 0 fully saturated rings. The molecule has 1 aliphatic heterocycles. The Morgan fingerprint density at radius 2 is 2.13 bits per heavy atom. The van der Waals surface area contributed by atoms with Crippen molar-refractivity contribution in [3.05, 3.63) is 35.9 Å². The van der Waals surface area contributed by atoms with Gasteiger partial charge in [-0.3, -0.25) is 0 Å². The molecule has 2 rings (SSSR count). The summed E-state index contributed by atoms with van der Waals surface area (Å²) in [6.07, 6.45) is 2.59. The van der Waals surface area contributed by atoms with Crippen LogP contribution in [0.15, 0.2) is 39.6 Å². The van der Waals surface area contributed by atoms with E-state index in [0.29, 0.717) is 0 Å². The van der Waals surface area contributed by atoms with Crippen molar-refractivity contribution in [3.8, 4) is 0 Å². The maximum Gasteiger partial charge on any atom is 0.411 e. The van der Waals surface area contributed by atoms with Crippen LogP contribution in [0.25, 0.3) is 6.08 Å². The Labute approximate surface area is 91.0 Å². The van der Waals surface area contributed by atoms with Crippen molar-refractivity contribution in [1.82, 2.24) is 0 Å². The summed E-state index contributed by atoms with van der Waals surface area (Å²) in [6, 6.07) is 7.77. The quantitative estimate of drug-likeness (QED) is 0.682. The number of fused-ring (bicyclic) bond motifs is 1.